The third kappa shape index (κ3) is 4.92. The smallest absolute Gasteiger partial charge is 0.126 e. The number of allylic oxidation sites excluding steroid dienone is 1. The van der Waals surface area contributed by atoms with Gasteiger partial charge in [-0.25, -0.2) is 0 Å². The summed E-state index contributed by atoms with van der Waals surface area (Å²) in [6.07, 6.45) is 4.10. The second kappa shape index (κ2) is 7.93. The fourth-order valence-corrected chi connectivity index (χ4v) is 1.61. The Morgan fingerprint density at radius 2 is 1.94 bits per heavy atom. The van der Waals surface area contributed by atoms with Crippen LogP contribution in [-0.2, 0) is 0 Å². The van der Waals surface area contributed by atoms with Crippen molar-refractivity contribution in [3.63, 3.8) is 0 Å². The molecule has 1 atom stereocenters. The predicted octanol–water partition coefficient (Wildman–Crippen LogP) is 3.73. The second-order valence-corrected chi connectivity index (χ2v) is 4.87. The lowest BCUT2D eigenvalue weighted by atomic mass is 10.1. The van der Waals surface area contributed by atoms with Gasteiger partial charge < -0.3 is 10.1 Å². The van der Waals surface area contributed by atoms with Gasteiger partial charge in [-0.1, -0.05) is 44.2 Å². The molecule has 0 aliphatic heterocycles. The van der Waals surface area contributed by atoms with Crippen LogP contribution in [0.3, 0.4) is 0 Å². The summed E-state index contributed by atoms with van der Waals surface area (Å²) < 4.78 is 5.81. The average molecular weight is 247 g/mol. The van der Waals surface area contributed by atoms with Crippen molar-refractivity contribution in [2.75, 3.05) is 13.2 Å². The number of hydrogen-bond donors (Lipinski definition) is 1. The van der Waals surface area contributed by atoms with Crippen molar-refractivity contribution in [2.24, 2.45) is 5.92 Å². The molecule has 2 nitrogen and oxygen atoms in total. The molecule has 0 saturated heterocycles. The van der Waals surface area contributed by atoms with Gasteiger partial charge in [0, 0.05) is 18.2 Å². The van der Waals surface area contributed by atoms with Crippen molar-refractivity contribution in [3.05, 3.63) is 35.9 Å². The molecular weight excluding hydrogens is 222 g/mol. The summed E-state index contributed by atoms with van der Waals surface area (Å²) in [4.78, 5) is 0. The van der Waals surface area contributed by atoms with Crippen LogP contribution in [0, 0.1) is 5.92 Å². The number of ether oxygens (including phenoxy) is 1. The first-order chi connectivity index (χ1) is 8.65. The Bertz CT molecular complexity index is 371. The van der Waals surface area contributed by atoms with Gasteiger partial charge in [-0.3, -0.25) is 0 Å². The van der Waals surface area contributed by atoms with Crippen molar-refractivity contribution in [2.45, 2.75) is 33.7 Å². The summed E-state index contributed by atoms with van der Waals surface area (Å²) in [5, 5.41) is 3.46. The lowest BCUT2D eigenvalue weighted by Crippen LogP contribution is -2.33. The highest BCUT2D eigenvalue weighted by Crippen LogP contribution is 2.19. The van der Waals surface area contributed by atoms with E-state index in [4.69, 9.17) is 4.74 Å². The summed E-state index contributed by atoms with van der Waals surface area (Å²) in [6.45, 7) is 10.2. The standard InChI is InChI=1S/C16H25NO/c1-5-8-15-9-6-7-10-16(15)18-12-11-17-14(4)13(2)3/h5-10,13-14,17H,11-12H2,1-4H3/b8-5+. The molecule has 1 aromatic carbocycles. The number of benzene rings is 1. The summed E-state index contributed by atoms with van der Waals surface area (Å²) in [6, 6.07) is 8.65. The van der Waals surface area contributed by atoms with E-state index in [0.717, 1.165) is 17.9 Å². The molecule has 0 saturated carbocycles. The average Bonchev–Trinajstić information content (AvgIpc) is 2.36. The third-order valence-corrected chi connectivity index (χ3v) is 3.09. The number of para-hydroxylation sites is 1. The highest BCUT2D eigenvalue weighted by molar-refractivity contribution is 5.56. The van der Waals surface area contributed by atoms with E-state index < -0.39 is 0 Å². The van der Waals surface area contributed by atoms with Gasteiger partial charge in [0.1, 0.15) is 12.4 Å². The fraction of sp³-hybridized carbons (Fsp3) is 0.500. The zero-order valence-electron chi connectivity index (χ0n) is 11.9. The van der Waals surface area contributed by atoms with Gasteiger partial charge in [0.25, 0.3) is 0 Å². The number of rotatable bonds is 7. The molecule has 0 aliphatic rings. The van der Waals surface area contributed by atoms with Crippen LogP contribution in [0.5, 0.6) is 5.75 Å². The topological polar surface area (TPSA) is 21.3 Å². The van der Waals surface area contributed by atoms with Crippen molar-refractivity contribution in [1.82, 2.24) is 5.32 Å². The van der Waals surface area contributed by atoms with Crippen LogP contribution in [0.2, 0.25) is 0 Å². The maximum Gasteiger partial charge on any atom is 0.126 e. The molecule has 0 aromatic heterocycles. The van der Waals surface area contributed by atoms with Gasteiger partial charge in [-0.2, -0.15) is 0 Å². The van der Waals surface area contributed by atoms with Gasteiger partial charge >= 0.3 is 0 Å². The molecule has 0 amide bonds. The van der Waals surface area contributed by atoms with Crippen LogP contribution in [-0.4, -0.2) is 19.2 Å². The first-order valence-corrected chi connectivity index (χ1v) is 6.73. The molecule has 0 aliphatic carbocycles. The molecule has 1 N–H and O–H groups in total. The molecule has 0 fully saturated rings. The van der Waals surface area contributed by atoms with Crippen molar-refractivity contribution < 1.29 is 4.74 Å². The first-order valence-electron chi connectivity index (χ1n) is 6.73. The van der Waals surface area contributed by atoms with E-state index in [0.29, 0.717) is 18.6 Å². The molecular formula is C16H25NO. The van der Waals surface area contributed by atoms with Gasteiger partial charge in [0.05, 0.1) is 0 Å². The summed E-state index contributed by atoms with van der Waals surface area (Å²) in [7, 11) is 0. The zero-order chi connectivity index (χ0) is 13.4. The summed E-state index contributed by atoms with van der Waals surface area (Å²) in [5.74, 6) is 1.61. The first kappa shape index (κ1) is 14.8. The SMILES string of the molecule is C/C=C/c1ccccc1OCCNC(C)C(C)C. The highest BCUT2D eigenvalue weighted by Gasteiger charge is 2.05. The molecule has 0 heterocycles. The third-order valence-electron chi connectivity index (χ3n) is 3.09. The molecule has 100 valence electrons. The minimum absolute atomic E-state index is 0.527. The maximum absolute atomic E-state index is 5.81. The second-order valence-electron chi connectivity index (χ2n) is 4.87. The van der Waals surface area contributed by atoms with E-state index in [1.165, 1.54) is 0 Å². The Morgan fingerprint density at radius 1 is 1.22 bits per heavy atom. The van der Waals surface area contributed by atoms with Crippen LogP contribution in [0.25, 0.3) is 6.08 Å². The fourth-order valence-electron chi connectivity index (χ4n) is 1.61. The lowest BCUT2D eigenvalue weighted by molar-refractivity contribution is 0.296. The van der Waals surface area contributed by atoms with Gasteiger partial charge in [0.2, 0.25) is 0 Å². The Morgan fingerprint density at radius 3 is 2.61 bits per heavy atom. The molecule has 2 heteroatoms. The van der Waals surface area contributed by atoms with Crippen LogP contribution >= 0.6 is 0 Å². The van der Waals surface area contributed by atoms with Gasteiger partial charge in [-0.15, -0.1) is 0 Å². The quantitative estimate of drug-likeness (QED) is 0.741. The molecule has 1 unspecified atom stereocenters. The maximum atomic E-state index is 5.81. The Kier molecular flexibility index (Phi) is 6.51. The number of nitrogens with one attached hydrogen (secondary N) is 1. The highest BCUT2D eigenvalue weighted by atomic mass is 16.5. The predicted molar refractivity (Wildman–Crippen MR) is 78.9 cm³/mol. The molecule has 1 rings (SSSR count). The normalized spacial score (nSPS) is 13.2. The van der Waals surface area contributed by atoms with Crippen LogP contribution < -0.4 is 10.1 Å². The summed E-state index contributed by atoms with van der Waals surface area (Å²) in [5.41, 5.74) is 1.14. The van der Waals surface area contributed by atoms with E-state index in [2.05, 4.69) is 38.2 Å². The van der Waals surface area contributed by atoms with E-state index in [1.54, 1.807) is 0 Å². The van der Waals surface area contributed by atoms with Gasteiger partial charge in [0.15, 0.2) is 0 Å². The molecule has 1 aromatic rings. The Balaban J connectivity index is 2.40. The zero-order valence-corrected chi connectivity index (χ0v) is 11.9. The lowest BCUT2D eigenvalue weighted by Gasteiger charge is -2.17. The molecule has 18 heavy (non-hydrogen) atoms. The van der Waals surface area contributed by atoms with E-state index in [-0.39, 0.29) is 0 Å². The van der Waals surface area contributed by atoms with Crippen LogP contribution in [0.4, 0.5) is 0 Å². The van der Waals surface area contributed by atoms with Crippen LogP contribution in [0.1, 0.15) is 33.3 Å². The molecule has 0 spiro atoms. The molecule has 0 radical (unpaired) electrons. The van der Waals surface area contributed by atoms with E-state index in [9.17, 15) is 0 Å². The van der Waals surface area contributed by atoms with Crippen LogP contribution in [0.15, 0.2) is 30.3 Å². The minimum Gasteiger partial charge on any atom is -0.492 e. The van der Waals surface area contributed by atoms with Gasteiger partial charge in [-0.05, 0) is 25.8 Å². The number of hydrogen-bond acceptors (Lipinski definition) is 2. The molecule has 0 bridgehead atoms. The monoisotopic (exact) mass is 247 g/mol. The van der Waals surface area contributed by atoms with E-state index in [1.807, 2.05) is 31.2 Å². The Labute approximate surface area is 111 Å². The van der Waals surface area contributed by atoms with Crippen molar-refractivity contribution in [1.29, 1.82) is 0 Å². The largest absolute Gasteiger partial charge is 0.492 e. The minimum atomic E-state index is 0.527. The van der Waals surface area contributed by atoms with Crippen molar-refractivity contribution in [3.8, 4) is 5.75 Å². The van der Waals surface area contributed by atoms with Crippen molar-refractivity contribution >= 4 is 6.08 Å². The van der Waals surface area contributed by atoms with E-state index >= 15 is 0 Å². The Hall–Kier alpha value is -1.28. The summed E-state index contributed by atoms with van der Waals surface area (Å²) >= 11 is 0.